The van der Waals surface area contributed by atoms with Crippen LogP contribution in [0.3, 0.4) is 0 Å². The summed E-state index contributed by atoms with van der Waals surface area (Å²) in [6.45, 7) is 8.83. The van der Waals surface area contributed by atoms with Gasteiger partial charge in [-0.2, -0.15) is 13.2 Å². The smallest absolute Gasteiger partial charge is 0.416 e. The minimum absolute atomic E-state index is 0.260. The van der Waals surface area contributed by atoms with Crippen LogP contribution in [0.5, 0.6) is 5.75 Å². The van der Waals surface area contributed by atoms with Crippen molar-refractivity contribution in [2.75, 3.05) is 24.6 Å². The maximum absolute atomic E-state index is 12.9. The number of rotatable bonds is 8. The number of aryl methyl sites for hydroxylation is 2. The van der Waals surface area contributed by atoms with Gasteiger partial charge in [0, 0.05) is 25.3 Å². The molecule has 1 atom stereocenters. The number of amides is 2. The molecule has 1 heterocycles. The van der Waals surface area contributed by atoms with E-state index in [1.807, 2.05) is 32.9 Å². The Bertz CT molecular complexity index is 1010. The van der Waals surface area contributed by atoms with Gasteiger partial charge in [0.2, 0.25) is 0 Å². The van der Waals surface area contributed by atoms with Gasteiger partial charge in [-0.1, -0.05) is 19.1 Å². The summed E-state index contributed by atoms with van der Waals surface area (Å²) in [5, 5.41) is 0. The van der Waals surface area contributed by atoms with Gasteiger partial charge in [0.1, 0.15) is 5.75 Å². The third-order valence-electron chi connectivity index (χ3n) is 5.68. The van der Waals surface area contributed by atoms with Crippen molar-refractivity contribution < 1.29 is 32.2 Å². The molecular weight excluding hydrogens is 449 g/mol. The normalized spacial score (nSPS) is 15.0. The molecule has 0 bridgehead atoms. The average molecular weight is 479 g/mol. The number of urea groups is 1. The van der Waals surface area contributed by atoms with Crippen molar-refractivity contribution in [3.8, 4) is 5.75 Å². The number of esters is 1. The quantitative estimate of drug-likeness (QED) is 0.471. The van der Waals surface area contributed by atoms with E-state index >= 15 is 0 Å². The Balaban J connectivity index is 1.70. The maximum Gasteiger partial charge on any atom is 0.416 e. The van der Waals surface area contributed by atoms with Crippen LogP contribution in [-0.4, -0.2) is 42.7 Å². The van der Waals surface area contributed by atoms with Crippen LogP contribution in [0.4, 0.5) is 23.7 Å². The molecule has 1 aliphatic heterocycles. The van der Waals surface area contributed by atoms with E-state index in [1.54, 1.807) is 11.8 Å². The second-order valence-corrected chi connectivity index (χ2v) is 8.23. The lowest BCUT2D eigenvalue weighted by Crippen LogP contribution is -2.31. The van der Waals surface area contributed by atoms with E-state index in [0.29, 0.717) is 37.5 Å². The highest BCUT2D eigenvalue weighted by Crippen LogP contribution is 2.32. The predicted molar refractivity (Wildman–Crippen MR) is 122 cm³/mol. The Morgan fingerprint density at radius 3 is 2.21 bits per heavy atom. The van der Waals surface area contributed by atoms with Gasteiger partial charge in [0.15, 0.2) is 6.10 Å². The number of halogens is 3. The summed E-state index contributed by atoms with van der Waals surface area (Å²) >= 11 is 0. The van der Waals surface area contributed by atoms with Gasteiger partial charge in [-0.25, -0.2) is 9.59 Å². The molecule has 1 saturated heterocycles. The molecule has 0 spiro atoms. The zero-order chi connectivity index (χ0) is 25.0. The first-order valence-electron chi connectivity index (χ1n) is 11.2. The van der Waals surface area contributed by atoms with Crippen LogP contribution in [0, 0.1) is 13.8 Å². The lowest BCUT2D eigenvalue weighted by Gasteiger charge is -2.22. The number of hydrogen-bond donors (Lipinski definition) is 0. The van der Waals surface area contributed by atoms with Crippen molar-refractivity contribution in [2.24, 2.45) is 0 Å². The number of hydrogen-bond acceptors (Lipinski definition) is 4. The Morgan fingerprint density at radius 1 is 1.06 bits per heavy atom. The average Bonchev–Trinajstić information content (AvgIpc) is 3.13. The van der Waals surface area contributed by atoms with Crippen LogP contribution in [0.25, 0.3) is 0 Å². The van der Waals surface area contributed by atoms with Crippen molar-refractivity contribution in [3.05, 3.63) is 58.7 Å². The van der Waals surface area contributed by atoms with Gasteiger partial charge >= 0.3 is 18.2 Å². The van der Waals surface area contributed by atoms with Crippen LogP contribution < -0.4 is 9.64 Å². The second-order valence-electron chi connectivity index (χ2n) is 8.23. The molecule has 0 aromatic heterocycles. The van der Waals surface area contributed by atoms with Gasteiger partial charge in [0.25, 0.3) is 0 Å². The molecule has 2 aromatic carbocycles. The van der Waals surface area contributed by atoms with Crippen molar-refractivity contribution >= 4 is 17.7 Å². The fraction of sp³-hybridized carbons (Fsp3) is 0.440. The van der Waals surface area contributed by atoms with Gasteiger partial charge in [0.05, 0.1) is 12.2 Å². The summed E-state index contributed by atoms with van der Waals surface area (Å²) in [4.78, 5) is 28.1. The first-order valence-corrected chi connectivity index (χ1v) is 11.2. The van der Waals surface area contributed by atoms with Gasteiger partial charge < -0.3 is 14.4 Å². The van der Waals surface area contributed by atoms with E-state index in [9.17, 15) is 22.8 Å². The minimum Gasteiger partial charge on any atom is -0.478 e. The third-order valence-corrected chi connectivity index (χ3v) is 5.68. The molecule has 0 aliphatic carbocycles. The number of anilines is 1. The first-order chi connectivity index (χ1) is 16.0. The monoisotopic (exact) mass is 478 g/mol. The molecule has 0 N–H and O–H groups in total. The largest absolute Gasteiger partial charge is 0.478 e. The lowest BCUT2D eigenvalue weighted by molar-refractivity contribution is -0.151. The summed E-state index contributed by atoms with van der Waals surface area (Å²) in [5.74, 6) is 0.210. The summed E-state index contributed by atoms with van der Waals surface area (Å²) < 4.78 is 49.5. The first kappa shape index (κ1) is 25.4. The number of carbonyl (C=O) groups excluding carboxylic acids is 2. The highest BCUT2D eigenvalue weighted by Gasteiger charge is 2.33. The molecule has 1 fully saturated rings. The van der Waals surface area contributed by atoms with Crippen LogP contribution >= 0.6 is 0 Å². The fourth-order valence-corrected chi connectivity index (χ4v) is 4.01. The van der Waals surface area contributed by atoms with Crippen molar-refractivity contribution in [1.29, 1.82) is 0 Å². The highest BCUT2D eigenvalue weighted by molar-refractivity contribution is 5.94. The van der Waals surface area contributed by atoms with Crippen molar-refractivity contribution in [3.63, 3.8) is 0 Å². The van der Waals surface area contributed by atoms with E-state index < -0.39 is 23.8 Å². The fourth-order valence-electron chi connectivity index (χ4n) is 4.01. The van der Waals surface area contributed by atoms with E-state index in [0.717, 1.165) is 28.8 Å². The zero-order valence-electron chi connectivity index (χ0n) is 19.7. The van der Waals surface area contributed by atoms with Gasteiger partial charge in [-0.15, -0.1) is 0 Å². The number of benzene rings is 2. The van der Waals surface area contributed by atoms with E-state index in [1.165, 1.54) is 17.0 Å². The van der Waals surface area contributed by atoms with Crippen LogP contribution in [0.2, 0.25) is 0 Å². The molecular formula is C25H29F3N2O4. The lowest BCUT2D eigenvalue weighted by atomic mass is 10.0. The standard InChI is InChI=1S/C25H29F3N2O4/c1-5-21(23(31)33-6-2)34-22-16(3)13-18(14-17(22)4)15-29-11-12-30(24(29)32)20-9-7-19(8-10-20)25(26,27)28/h7-10,13-14,21H,5-6,11-12,15H2,1-4H3. The molecule has 0 radical (unpaired) electrons. The van der Waals surface area contributed by atoms with Crippen LogP contribution in [0.1, 0.15) is 42.5 Å². The Kier molecular flexibility index (Phi) is 7.74. The molecule has 3 rings (SSSR count). The highest BCUT2D eigenvalue weighted by atomic mass is 19.4. The molecule has 184 valence electrons. The number of ether oxygens (including phenoxy) is 2. The summed E-state index contributed by atoms with van der Waals surface area (Å²) in [6.07, 6.45) is -4.64. The molecule has 2 amide bonds. The van der Waals surface area contributed by atoms with E-state index in [2.05, 4.69) is 0 Å². The minimum atomic E-state index is -4.42. The number of alkyl halides is 3. The number of carbonyl (C=O) groups is 2. The summed E-state index contributed by atoms with van der Waals surface area (Å²) in [6, 6.07) is 8.16. The Labute approximate surface area is 197 Å². The summed E-state index contributed by atoms with van der Waals surface area (Å²) in [7, 11) is 0. The van der Waals surface area contributed by atoms with Gasteiger partial charge in [-0.05, 0) is 68.1 Å². The van der Waals surface area contributed by atoms with Crippen LogP contribution in [-0.2, 0) is 22.3 Å². The molecule has 1 unspecified atom stereocenters. The summed E-state index contributed by atoms with van der Waals surface area (Å²) in [5.41, 5.74) is 2.25. The van der Waals surface area contributed by atoms with Crippen molar-refractivity contribution in [2.45, 2.75) is 52.9 Å². The van der Waals surface area contributed by atoms with E-state index in [4.69, 9.17) is 9.47 Å². The third kappa shape index (κ3) is 5.63. The second kappa shape index (κ2) is 10.4. The molecule has 0 saturated carbocycles. The maximum atomic E-state index is 12.9. The molecule has 6 nitrogen and oxygen atoms in total. The zero-order valence-corrected chi connectivity index (χ0v) is 19.7. The number of nitrogens with zero attached hydrogens (tertiary/aromatic N) is 2. The molecule has 9 heteroatoms. The Morgan fingerprint density at radius 2 is 1.68 bits per heavy atom. The SMILES string of the molecule is CCOC(=O)C(CC)Oc1c(C)cc(CN2CCN(c3ccc(C(F)(F)F)cc3)C2=O)cc1C. The van der Waals surface area contributed by atoms with Gasteiger partial charge in [-0.3, -0.25) is 4.90 Å². The topological polar surface area (TPSA) is 59.1 Å². The Hall–Kier alpha value is -3.23. The predicted octanol–water partition coefficient (Wildman–Crippen LogP) is 5.48. The molecule has 2 aromatic rings. The van der Waals surface area contributed by atoms with Crippen LogP contribution in [0.15, 0.2) is 36.4 Å². The van der Waals surface area contributed by atoms with E-state index in [-0.39, 0.29) is 12.6 Å². The molecule has 34 heavy (non-hydrogen) atoms. The molecule has 1 aliphatic rings. The van der Waals surface area contributed by atoms with Crippen molar-refractivity contribution in [1.82, 2.24) is 4.90 Å².